The fraction of sp³-hybridized carbons (Fsp3) is 0.143. The third-order valence-electron chi connectivity index (χ3n) is 1.37. The summed E-state index contributed by atoms with van der Waals surface area (Å²) in [7, 11) is 0. The van der Waals surface area contributed by atoms with Gasteiger partial charge in [0.05, 0.1) is 14.9 Å². The van der Waals surface area contributed by atoms with Crippen molar-refractivity contribution in [2.75, 3.05) is 0 Å². The van der Waals surface area contributed by atoms with Gasteiger partial charge in [0.15, 0.2) is 23.3 Å². The Morgan fingerprint density at radius 3 is 1.60 bits per heavy atom. The third kappa shape index (κ3) is 2.36. The number of rotatable bonds is 2. The molecule has 0 amide bonds. The van der Waals surface area contributed by atoms with E-state index in [1.54, 1.807) is 0 Å². The zero-order valence-corrected chi connectivity index (χ0v) is 7.60. The lowest BCUT2D eigenvalue weighted by Gasteiger charge is -2.06. The fourth-order valence-corrected chi connectivity index (χ4v) is 0.753. The number of benzene rings is 1. The highest BCUT2D eigenvalue weighted by Crippen LogP contribution is 2.23. The minimum absolute atomic E-state index is 0. The molecule has 2 nitrogen and oxygen atoms in total. The third-order valence-corrected chi connectivity index (χ3v) is 1.37. The van der Waals surface area contributed by atoms with Gasteiger partial charge in [0.1, 0.15) is 0 Å². The molecule has 0 heterocycles. The van der Waals surface area contributed by atoms with Crippen LogP contribution in [0, 0.1) is 29.1 Å². The molecular weight excluding hydrogens is 245 g/mol. The van der Waals surface area contributed by atoms with Gasteiger partial charge in [0.25, 0.3) is 0 Å². The highest BCUT2D eigenvalue weighted by atomic mass is 35.5. The van der Waals surface area contributed by atoms with Crippen molar-refractivity contribution in [1.29, 1.82) is 0 Å². The minimum atomic E-state index is -3.33. The molecule has 0 saturated carbocycles. The van der Waals surface area contributed by atoms with Gasteiger partial charge in [-0.15, -0.1) is 12.4 Å². The van der Waals surface area contributed by atoms with Crippen LogP contribution in [-0.2, 0) is 11.4 Å². The largest absolute Gasteiger partial charge is 0.300 e. The molecule has 1 aromatic carbocycles. The molecule has 0 unspecified atom stereocenters. The maximum atomic E-state index is 13.0. The molecule has 1 rings (SSSR count). The van der Waals surface area contributed by atoms with Crippen LogP contribution in [0.2, 0.25) is 0 Å². The Morgan fingerprint density at radius 1 is 0.933 bits per heavy atom. The van der Waals surface area contributed by atoms with E-state index in [1.165, 1.54) is 0 Å². The van der Waals surface area contributed by atoms with Crippen LogP contribution in [0.3, 0.4) is 0 Å². The second-order valence-electron chi connectivity index (χ2n) is 2.16. The summed E-state index contributed by atoms with van der Waals surface area (Å²) in [5, 5.41) is 0. The zero-order chi connectivity index (χ0) is 12.7. The van der Waals surface area contributed by atoms with Crippen LogP contribution < -0.4 is 5.90 Å². The molecule has 8 heteroatoms. The van der Waals surface area contributed by atoms with Crippen molar-refractivity contribution < 1.29 is 29.5 Å². The lowest BCUT2D eigenvalue weighted by molar-refractivity contribution is 0.117. The van der Waals surface area contributed by atoms with Gasteiger partial charge in [-0.25, -0.2) is 27.8 Å². The summed E-state index contributed by atoms with van der Waals surface area (Å²) < 4.78 is 77.5. The van der Waals surface area contributed by atoms with Crippen molar-refractivity contribution in [3.63, 3.8) is 0 Å². The standard InChI is InChI=1S/C7H4F5NO.ClH/c8-3-2(1-14-13)4(9)6(11)7(12)5(3)10;/h1,13H2;1H/i1D2;. The van der Waals surface area contributed by atoms with Crippen molar-refractivity contribution in [2.24, 2.45) is 5.90 Å². The van der Waals surface area contributed by atoms with Gasteiger partial charge in [-0.1, -0.05) is 0 Å². The molecule has 0 aliphatic rings. The van der Waals surface area contributed by atoms with Gasteiger partial charge in [0, 0.05) is 0 Å². The lowest BCUT2D eigenvalue weighted by atomic mass is 10.2. The van der Waals surface area contributed by atoms with E-state index in [0.717, 1.165) is 0 Å². The number of hydrogen-bond acceptors (Lipinski definition) is 2. The zero-order valence-electron chi connectivity index (χ0n) is 8.78. The summed E-state index contributed by atoms with van der Waals surface area (Å²) in [6.07, 6.45) is 0. The van der Waals surface area contributed by atoms with Crippen molar-refractivity contribution in [3.05, 3.63) is 34.6 Å². The molecule has 15 heavy (non-hydrogen) atoms. The van der Waals surface area contributed by atoms with Crippen molar-refractivity contribution in [3.8, 4) is 0 Å². The molecule has 0 atom stereocenters. The average Bonchev–Trinajstić information content (AvgIpc) is 2.23. The molecule has 0 aromatic heterocycles. The molecule has 0 bridgehead atoms. The van der Waals surface area contributed by atoms with Crippen LogP contribution in [0.4, 0.5) is 22.0 Å². The van der Waals surface area contributed by atoms with E-state index in [-0.39, 0.29) is 12.4 Å². The first-order chi connectivity index (χ1) is 7.24. The molecule has 86 valence electrons. The average molecular weight is 252 g/mol. The second kappa shape index (κ2) is 5.24. The van der Waals surface area contributed by atoms with Crippen LogP contribution in [0.5, 0.6) is 0 Å². The van der Waals surface area contributed by atoms with Crippen LogP contribution in [0.25, 0.3) is 0 Å². The Bertz CT molecular complexity index is 416. The fourth-order valence-electron chi connectivity index (χ4n) is 0.753. The first kappa shape index (κ1) is 10.6. The summed E-state index contributed by atoms with van der Waals surface area (Å²) in [6.45, 7) is -3.33. The number of nitrogens with two attached hydrogens (primary N) is 1. The SMILES string of the molecule is Cl.[2H]C([2H])(ON)c1c(F)c(F)c(F)c(F)c1F. The van der Waals surface area contributed by atoms with E-state index in [9.17, 15) is 22.0 Å². The Hall–Kier alpha value is -0.920. The van der Waals surface area contributed by atoms with Gasteiger partial charge in [0.2, 0.25) is 5.82 Å². The van der Waals surface area contributed by atoms with Crippen molar-refractivity contribution in [1.82, 2.24) is 0 Å². The van der Waals surface area contributed by atoms with Crippen molar-refractivity contribution >= 4 is 12.4 Å². The predicted molar refractivity (Wildman–Crippen MR) is 42.5 cm³/mol. The van der Waals surface area contributed by atoms with Gasteiger partial charge in [-0.05, 0) is 0 Å². The van der Waals surface area contributed by atoms with Gasteiger partial charge in [-0.2, -0.15) is 0 Å². The summed E-state index contributed by atoms with van der Waals surface area (Å²) >= 11 is 0. The molecule has 0 aliphatic heterocycles. The molecule has 2 N–H and O–H groups in total. The summed E-state index contributed by atoms with van der Waals surface area (Å²) in [5.41, 5.74) is -1.77. The maximum absolute atomic E-state index is 13.0. The molecule has 0 spiro atoms. The van der Waals surface area contributed by atoms with Crippen LogP contribution in [0.1, 0.15) is 8.30 Å². The normalized spacial score (nSPS) is 12.9. The second-order valence-corrected chi connectivity index (χ2v) is 2.16. The molecule has 0 aliphatic carbocycles. The molecule has 0 radical (unpaired) electrons. The number of halogens is 6. The summed E-state index contributed by atoms with van der Waals surface area (Å²) in [4.78, 5) is 3.53. The van der Waals surface area contributed by atoms with Crippen molar-refractivity contribution in [2.45, 2.75) is 6.56 Å². The quantitative estimate of drug-likeness (QED) is 0.378. The number of hydrogen-bond donors (Lipinski definition) is 1. The molecule has 1 aromatic rings. The van der Waals surface area contributed by atoms with Gasteiger partial charge in [-0.3, -0.25) is 4.84 Å². The van der Waals surface area contributed by atoms with Crippen LogP contribution >= 0.6 is 12.4 Å². The van der Waals surface area contributed by atoms with E-state index >= 15 is 0 Å². The Labute approximate surface area is 90.0 Å². The lowest BCUT2D eigenvalue weighted by Crippen LogP contribution is -2.10. The monoisotopic (exact) mass is 251 g/mol. The Morgan fingerprint density at radius 2 is 1.27 bits per heavy atom. The van der Waals surface area contributed by atoms with E-state index in [2.05, 4.69) is 10.7 Å². The van der Waals surface area contributed by atoms with Crippen LogP contribution in [0.15, 0.2) is 0 Å². The highest BCUT2D eigenvalue weighted by Gasteiger charge is 2.25. The minimum Gasteiger partial charge on any atom is -0.300 e. The maximum Gasteiger partial charge on any atom is 0.200 e. The topological polar surface area (TPSA) is 35.2 Å². The predicted octanol–water partition coefficient (Wildman–Crippen LogP) is 2.19. The van der Waals surface area contributed by atoms with Crippen LogP contribution in [-0.4, -0.2) is 0 Å². The van der Waals surface area contributed by atoms with E-state index in [4.69, 9.17) is 2.74 Å². The van der Waals surface area contributed by atoms with E-state index in [1.807, 2.05) is 0 Å². The van der Waals surface area contributed by atoms with Gasteiger partial charge < -0.3 is 0 Å². The Balaban J connectivity index is 0.00000256. The Kier molecular flexibility index (Phi) is 3.70. The van der Waals surface area contributed by atoms with E-state index < -0.39 is 41.2 Å². The highest BCUT2D eigenvalue weighted by molar-refractivity contribution is 5.85. The smallest absolute Gasteiger partial charge is 0.200 e. The summed E-state index contributed by atoms with van der Waals surface area (Å²) in [5.74, 6) is -7.21. The summed E-state index contributed by atoms with van der Waals surface area (Å²) in [6, 6.07) is 0. The van der Waals surface area contributed by atoms with Gasteiger partial charge >= 0.3 is 0 Å². The molecular formula is C7H5ClF5NO. The molecule has 0 saturated heterocycles. The molecule has 0 fully saturated rings. The van der Waals surface area contributed by atoms with E-state index in [0.29, 0.717) is 0 Å². The first-order valence-corrected chi connectivity index (χ1v) is 3.13. The first-order valence-electron chi connectivity index (χ1n) is 4.13.